The third kappa shape index (κ3) is 3.34. The van der Waals surface area contributed by atoms with Gasteiger partial charge in [0.05, 0.1) is 7.11 Å². The molecular formula is C18H18N2O3. The van der Waals surface area contributed by atoms with Crippen LogP contribution in [0.15, 0.2) is 46.9 Å². The summed E-state index contributed by atoms with van der Waals surface area (Å²) >= 11 is 0. The number of methoxy groups -OCH3 is 1. The minimum absolute atomic E-state index is 0.123. The molecule has 0 fully saturated rings. The highest BCUT2D eigenvalue weighted by molar-refractivity contribution is 5.97. The van der Waals surface area contributed by atoms with E-state index in [0.717, 1.165) is 11.3 Å². The minimum atomic E-state index is -0.123. The van der Waals surface area contributed by atoms with Crippen molar-refractivity contribution in [2.45, 2.75) is 13.3 Å². The number of oxazole rings is 1. The van der Waals surface area contributed by atoms with Crippen LogP contribution in [0.2, 0.25) is 0 Å². The van der Waals surface area contributed by atoms with Crippen molar-refractivity contribution >= 4 is 17.0 Å². The van der Waals surface area contributed by atoms with E-state index in [4.69, 9.17) is 9.15 Å². The summed E-state index contributed by atoms with van der Waals surface area (Å²) in [5, 5.41) is 2.92. The Labute approximate surface area is 134 Å². The molecule has 23 heavy (non-hydrogen) atoms. The van der Waals surface area contributed by atoms with Crippen molar-refractivity contribution in [1.82, 2.24) is 10.3 Å². The number of hydrogen-bond acceptors (Lipinski definition) is 4. The van der Waals surface area contributed by atoms with Crippen molar-refractivity contribution in [3.63, 3.8) is 0 Å². The monoisotopic (exact) mass is 310 g/mol. The summed E-state index contributed by atoms with van der Waals surface area (Å²) < 4.78 is 10.7. The Hall–Kier alpha value is -2.82. The molecule has 2 aromatic carbocycles. The molecule has 0 unspecified atom stereocenters. The van der Waals surface area contributed by atoms with Crippen LogP contribution in [-0.2, 0) is 6.42 Å². The van der Waals surface area contributed by atoms with E-state index >= 15 is 0 Å². The van der Waals surface area contributed by atoms with Crippen LogP contribution in [0.4, 0.5) is 0 Å². The van der Waals surface area contributed by atoms with Crippen LogP contribution in [0.25, 0.3) is 11.1 Å². The van der Waals surface area contributed by atoms with Gasteiger partial charge in [-0.1, -0.05) is 18.2 Å². The first-order valence-electron chi connectivity index (χ1n) is 7.44. The van der Waals surface area contributed by atoms with E-state index in [1.165, 1.54) is 0 Å². The quantitative estimate of drug-likeness (QED) is 0.786. The van der Waals surface area contributed by atoms with Crippen molar-refractivity contribution in [3.8, 4) is 5.75 Å². The molecular weight excluding hydrogens is 292 g/mol. The molecule has 0 spiro atoms. The second kappa shape index (κ2) is 6.52. The molecule has 0 aliphatic rings. The number of ether oxygens (including phenoxy) is 1. The predicted molar refractivity (Wildman–Crippen MR) is 87.8 cm³/mol. The Kier molecular flexibility index (Phi) is 4.28. The largest absolute Gasteiger partial charge is 0.496 e. The lowest BCUT2D eigenvalue weighted by Gasteiger charge is -2.09. The number of aryl methyl sites for hydroxylation is 1. The normalized spacial score (nSPS) is 10.7. The summed E-state index contributed by atoms with van der Waals surface area (Å²) in [7, 11) is 1.65. The Morgan fingerprint density at radius 1 is 1.26 bits per heavy atom. The Morgan fingerprint density at radius 2 is 2.09 bits per heavy atom. The van der Waals surface area contributed by atoms with E-state index in [0.29, 0.717) is 35.5 Å². The zero-order valence-corrected chi connectivity index (χ0v) is 13.1. The lowest BCUT2D eigenvalue weighted by Crippen LogP contribution is -2.25. The van der Waals surface area contributed by atoms with Crippen LogP contribution in [0.3, 0.4) is 0 Å². The number of nitrogens with zero attached hydrogens (tertiary/aromatic N) is 1. The fourth-order valence-corrected chi connectivity index (χ4v) is 2.51. The molecule has 0 saturated carbocycles. The highest BCUT2D eigenvalue weighted by atomic mass is 16.5. The fraction of sp³-hybridized carbons (Fsp3) is 0.222. The molecule has 0 aliphatic heterocycles. The predicted octanol–water partition coefficient (Wildman–Crippen LogP) is 3.12. The van der Waals surface area contributed by atoms with Crippen LogP contribution >= 0.6 is 0 Å². The van der Waals surface area contributed by atoms with Crippen molar-refractivity contribution in [2.75, 3.05) is 13.7 Å². The molecule has 0 saturated heterocycles. The molecule has 5 nitrogen and oxygen atoms in total. The molecule has 1 aromatic heterocycles. The van der Waals surface area contributed by atoms with Gasteiger partial charge in [-0.05, 0) is 36.2 Å². The molecule has 0 radical (unpaired) electrons. The van der Waals surface area contributed by atoms with Crippen molar-refractivity contribution < 1.29 is 13.9 Å². The average Bonchev–Trinajstić information content (AvgIpc) is 2.94. The van der Waals surface area contributed by atoms with Gasteiger partial charge in [0.15, 0.2) is 11.5 Å². The van der Waals surface area contributed by atoms with Crippen LogP contribution in [-0.4, -0.2) is 24.5 Å². The van der Waals surface area contributed by atoms with Gasteiger partial charge in [0.25, 0.3) is 5.91 Å². The van der Waals surface area contributed by atoms with E-state index in [2.05, 4.69) is 10.3 Å². The van der Waals surface area contributed by atoms with Gasteiger partial charge in [-0.25, -0.2) is 4.98 Å². The van der Waals surface area contributed by atoms with E-state index in [9.17, 15) is 4.79 Å². The summed E-state index contributed by atoms with van der Waals surface area (Å²) in [6, 6.07) is 13.0. The van der Waals surface area contributed by atoms with Crippen LogP contribution in [0.5, 0.6) is 5.75 Å². The van der Waals surface area contributed by atoms with Gasteiger partial charge in [-0.3, -0.25) is 4.79 Å². The van der Waals surface area contributed by atoms with E-state index < -0.39 is 0 Å². The second-order valence-electron chi connectivity index (χ2n) is 5.23. The zero-order chi connectivity index (χ0) is 16.2. The summed E-state index contributed by atoms with van der Waals surface area (Å²) in [5.41, 5.74) is 3.02. The molecule has 3 rings (SSSR count). The lowest BCUT2D eigenvalue weighted by molar-refractivity contribution is 0.0954. The highest BCUT2D eigenvalue weighted by Crippen LogP contribution is 2.18. The molecule has 3 aromatic rings. The second-order valence-corrected chi connectivity index (χ2v) is 5.23. The molecule has 1 amide bonds. The number of para-hydroxylation sites is 1. The molecule has 118 valence electrons. The number of nitrogens with one attached hydrogen (secondary N) is 1. The molecule has 1 heterocycles. The summed E-state index contributed by atoms with van der Waals surface area (Å²) in [6.07, 6.45) is 0.709. The Morgan fingerprint density at radius 3 is 2.91 bits per heavy atom. The molecule has 5 heteroatoms. The van der Waals surface area contributed by atoms with Gasteiger partial charge in [0.2, 0.25) is 0 Å². The Bertz CT molecular complexity index is 839. The van der Waals surface area contributed by atoms with Crippen molar-refractivity contribution in [1.29, 1.82) is 0 Å². The molecule has 0 aliphatic carbocycles. The number of aromatic nitrogens is 1. The van der Waals surface area contributed by atoms with Crippen LogP contribution in [0.1, 0.15) is 21.8 Å². The van der Waals surface area contributed by atoms with Gasteiger partial charge in [-0.2, -0.15) is 0 Å². The first kappa shape index (κ1) is 15.1. The van der Waals surface area contributed by atoms with Crippen LogP contribution in [0, 0.1) is 6.92 Å². The highest BCUT2D eigenvalue weighted by Gasteiger charge is 2.09. The summed E-state index contributed by atoms with van der Waals surface area (Å²) in [4.78, 5) is 16.5. The minimum Gasteiger partial charge on any atom is -0.496 e. The third-order valence-electron chi connectivity index (χ3n) is 3.63. The first-order valence-corrected chi connectivity index (χ1v) is 7.44. The fourth-order valence-electron chi connectivity index (χ4n) is 2.51. The molecule has 1 N–H and O–H groups in total. The van der Waals surface area contributed by atoms with E-state index in [-0.39, 0.29) is 5.91 Å². The standard InChI is InChI=1S/C18H18N2O3/c1-12-20-15-11-14(7-8-17(15)23-12)18(21)19-10-9-13-5-3-4-6-16(13)22-2/h3-8,11H,9-10H2,1-2H3,(H,19,21). The van der Waals surface area contributed by atoms with Crippen molar-refractivity contribution in [2.24, 2.45) is 0 Å². The average molecular weight is 310 g/mol. The zero-order valence-electron chi connectivity index (χ0n) is 13.1. The number of fused-ring (bicyclic) bond motifs is 1. The maximum atomic E-state index is 12.2. The number of carbonyl (C=O) groups is 1. The topological polar surface area (TPSA) is 64.4 Å². The number of carbonyl (C=O) groups excluding carboxylic acids is 1. The molecule has 0 atom stereocenters. The van der Waals surface area contributed by atoms with Gasteiger partial charge in [-0.15, -0.1) is 0 Å². The summed E-state index contributed by atoms with van der Waals surface area (Å²) in [5.74, 6) is 1.30. The third-order valence-corrected chi connectivity index (χ3v) is 3.63. The van der Waals surface area contributed by atoms with Gasteiger partial charge in [0.1, 0.15) is 11.3 Å². The number of hydrogen-bond donors (Lipinski definition) is 1. The number of rotatable bonds is 5. The van der Waals surface area contributed by atoms with Crippen molar-refractivity contribution in [3.05, 3.63) is 59.5 Å². The number of benzene rings is 2. The van der Waals surface area contributed by atoms with Gasteiger partial charge < -0.3 is 14.5 Å². The van der Waals surface area contributed by atoms with E-state index in [1.807, 2.05) is 24.3 Å². The summed E-state index contributed by atoms with van der Waals surface area (Å²) in [6.45, 7) is 2.32. The van der Waals surface area contributed by atoms with Gasteiger partial charge in [0, 0.05) is 19.0 Å². The SMILES string of the molecule is COc1ccccc1CCNC(=O)c1ccc2oc(C)nc2c1. The first-order chi connectivity index (χ1) is 11.2. The lowest BCUT2D eigenvalue weighted by atomic mass is 10.1. The van der Waals surface area contributed by atoms with Crippen LogP contribution < -0.4 is 10.1 Å². The maximum Gasteiger partial charge on any atom is 0.251 e. The maximum absolute atomic E-state index is 12.2. The molecule has 0 bridgehead atoms. The van der Waals surface area contributed by atoms with Gasteiger partial charge >= 0.3 is 0 Å². The smallest absolute Gasteiger partial charge is 0.251 e. The van der Waals surface area contributed by atoms with E-state index in [1.54, 1.807) is 32.2 Å². The Balaban J connectivity index is 1.64. The number of amides is 1.